The van der Waals surface area contributed by atoms with Crippen LogP contribution in [0.25, 0.3) is 0 Å². The predicted molar refractivity (Wildman–Crippen MR) is 234 cm³/mol. The second kappa shape index (κ2) is 34.1. The number of hydrogen-bond donors (Lipinski definition) is 3. The van der Waals surface area contributed by atoms with Gasteiger partial charge in [0.25, 0.3) is 7.82 Å². The van der Waals surface area contributed by atoms with E-state index in [1.54, 1.807) is 12.2 Å². The molecule has 0 aromatic carbocycles. The molecule has 1 aliphatic heterocycles. The number of phosphoric ester groups is 1. The number of esters is 2. The largest absolute Gasteiger partial charge is 0.756 e. The molecule has 3 N–H and O–H groups in total. The van der Waals surface area contributed by atoms with E-state index in [0.717, 1.165) is 70.6 Å². The van der Waals surface area contributed by atoms with Crippen LogP contribution < -0.4 is 4.89 Å². The molecule has 14 heteroatoms. The van der Waals surface area contributed by atoms with Crippen molar-refractivity contribution >= 4 is 19.8 Å². The summed E-state index contributed by atoms with van der Waals surface area (Å²) in [5.74, 6) is -1.38. The zero-order valence-electron chi connectivity index (χ0n) is 37.4. The number of unbranched alkanes of at least 4 members (excludes halogenated alkanes) is 8. The first-order valence-corrected chi connectivity index (χ1v) is 23.8. The third kappa shape index (κ3) is 31.4. The molecular formula is C46H80NO12P. The van der Waals surface area contributed by atoms with Gasteiger partial charge in [-0.3, -0.25) is 14.2 Å². The summed E-state index contributed by atoms with van der Waals surface area (Å²) in [6, 6.07) is 0. The van der Waals surface area contributed by atoms with Crippen molar-refractivity contribution < 1.29 is 62.1 Å². The molecule has 60 heavy (non-hydrogen) atoms. The van der Waals surface area contributed by atoms with Crippen LogP contribution in [0.3, 0.4) is 0 Å². The maximum atomic E-state index is 12.8. The standard InChI is InChI=1S/C46H80NO12P/c1-6-8-10-11-12-13-14-15-16-17-18-19-20-21-26-30-44(50)55-37-40(38-57-60(53,54)56-35-34-47(3,4)5)58-45(51)31-27-23-22-25-29-41-42(49)36-46(52)59-43(41)33-32-39(48)28-24-9-7-2/h8,10,12-13,15-16,22,25,32-33,39-43,46,48-49,52H,6-7,9,11,14,17-21,23-24,26-31,34-38H2,1-5H3/b10-8-,13-12-,16-15-,25-22-,33-32+/t39-,40+,41-,42-,43+,46?/m0/s1. The fourth-order valence-electron chi connectivity index (χ4n) is 6.24. The molecule has 1 saturated heterocycles. The normalized spacial score (nSPS) is 21.1. The van der Waals surface area contributed by atoms with Crippen LogP contribution in [-0.2, 0) is 37.4 Å². The van der Waals surface area contributed by atoms with Gasteiger partial charge in [0, 0.05) is 25.2 Å². The first-order valence-electron chi connectivity index (χ1n) is 22.4. The number of phosphoric acid groups is 1. The highest BCUT2D eigenvalue weighted by Gasteiger charge is 2.35. The van der Waals surface area contributed by atoms with E-state index in [1.165, 1.54) is 0 Å². The molecule has 1 rings (SSSR count). The van der Waals surface area contributed by atoms with Crippen molar-refractivity contribution in [1.29, 1.82) is 0 Å². The van der Waals surface area contributed by atoms with Crippen LogP contribution in [0.2, 0.25) is 0 Å². The van der Waals surface area contributed by atoms with Crippen molar-refractivity contribution in [3.05, 3.63) is 60.8 Å². The molecule has 0 aromatic heterocycles. The van der Waals surface area contributed by atoms with E-state index in [4.69, 9.17) is 23.3 Å². The molecule has 2 unspecified atom stereocenters. The van der Waals surface area contributed by atoms with E-state index < -0.39 is 57.1 Å². The highest BCUT2D eigenvalue weighted by molar-refractivity contribution is 7.45. The van der Waals surface area contributed by atoms with Gasteiger partial charge in [-0.1, -0.05) is 113 Å². The van der Waals surface area contributed by atoms with E-state index in [9.17, 15) is 34.4 Å². The second-order valence-electron chi connectivity index (χ2n) is 16.6. The van der Waals surface area contributed by atoms with E-state index >= 15 is 0 Å². The van der Waals surface area contributed by atoms with Crippen molar-refractivity contribution in [2.24, 2.45) is 5.92 Å². The summed E-state index contributed by atoms with van der Waals surface area (Å²) in [6.07, 6.45) is 30.1. The summed E-state index contributed by atoms with van der Waals surface area (Å²) in [7, 11) is 0.977. The lowest BCUT2D eigenvalue weighted by Gasteiger charge is -2.36. The number of nitrogens with zero attached hydrogens (tertiary/aromatic N) is 1. The minimum Gasteiger partial charge on any atom is -0.756 e. The van der Waals surface area contributed by atoms with Gasteiger partial charge >= 0.3 is 11.9 Å². The second-order valence-corrected chi connectivity index (χ2v) is 18.0. The molecular weight excluding hydrogens is 789 g/mol. The Bertz CT molecular complexity index is 1330. The molecule has 7 atom stereocenters. The van der Waals surface area contributed by atoms with Crippen molar-refractivity contribution in [3.8, 4) is 0 Å². The molecule has 1 fully saturated rings. The fourth-order valence-corrected chi connectivity index (χ4v) is 6.96. The van der Waals surface area contributed by atoms with E-state index in [2.05, 4.69) is 50.3 Å². The quantitative estimate of drug-likeness (QED) is 0.0184. The molecule has 13 nitrogen and oxygen atoms in total. The number of likely N-dealkylation sites (N-methyl/N-ethyl adjacent to an activating group) is 1. The zero-order valence-corrected chi connectivity index (χ0v) is 38.3. The molecule has 346 valence electrons. The van der Waals surface area contributed by atoms with E-state index in [-0.39, 0.29) is 38.4 Å². The maximum Gasteiger partial charge on any atom is 0.306 e. The molecule has 0 aromatic rings. The zero-order chi connectivity index (χ0) is 44.5. The Morgan fingerprint density at radius 2 is 1.47 bits per heavy atom. The van der Waals surface area contributed by atoms with Gasteiger partial charge in [-0.2, -0.15) is 0 Å². The van der Waals surface area contributed by atoms with Crippen LogP contribution in [0.1, 0.15) is 136 Å². The van der Waals surface area contributed by atoms with Gasteiger partial charge in [-0.15, -0.1) is 0 Å². The molecule has 0 radical (unpaired) electrons. The average Bonchev–Trinajstić information content (AvgIpc) is 3.18. The number of ether oxygens (including phenoxy) is 3. The molecule has 1 heterocycles. The van der Waals surface area contributed by atoms with Gasteiger partial charge in [0.05, 0.1) is 46.1 Å². The minimum absolute atomic E-state index is 0.0240. The Kier molecular flexibility index (Phi) is 31.6. The van der Waals surface area contributed by atoms with Crippen molar-refractivity contribution in [2.45, 2.75) is 167 Å². The van der Waals surface area contributed by atoms with Gasteiger partial charge in [-0.25, -0.2) is 0 Å². The number of allylic oxidation sites excluding steroid dienone is 8. The van der Waals surface area contributed by atoms with Crippen molar-refractivity contribution in [3.63, 3.8) is 0 Å². The van der Waals surface area contributed by atoms with Gasteiger partial charge in [-0.05, 0) is 64.2 Å². The van der Waals surface area contributed by atoms with E-state index in [0.29, 0.717) is 43.1 Å². The number of hydrogen-bond acceptors (Lipinski definition) is 12. The SMILES string of the molecule is CC/C=C\C/C=C\C/C=C\CCCCCCCC(=O)OC[C@H](COP(=O)([O-])OCC[N+](C)(C)C)OC(=O)CCC/C=C\C[C@H]1[C@@H](O)CC(O)O[C@@H]1/C=C/[C@@H](O)CCCCC. The first-order chi connectivity index (χ1) is 28.7. The van der Waals surface area contributed by atoms with Crippen LogP contribution in [0.15, 0.2) is 60.8 Å². The van der Waals surface area contributed by atoms with Crippen LogP contribution in [0.5, 0.6) is 0 Å². The number of rotatable bonds is 35. The van der Waals surface area contributed by atoms with Crippen molar-refractivity contribution in [2.75, 3.05) is 47.5 Å². The summed E-state index contributed by atoms with van der Waals surface area (Å²) in [5, 5.41) is 31.0. The molecule has 0 saturated carbocycles. The Labute approximate surface area is 361 Å². The lowest BCUT2D eigenvalue weighted by molar-refractivity contribution is -0.870. The monoisotopic (exact) mass is 870 g/mol. The molecule has 0 aliphatic carbocycles. The van der Waals surface area contributed by atoms with Gasteiger partial charge in [0.1, 0.15) is 19.8 Å². The molecule has 0 bridgehead atoms. The third-order valence-corrected chi connectivity index (χ3v) is 10.8. The van der Waals surface area contributed by atoms with Crippen LogP contribution >= 0.6 is 7.82 Å². The van der Waals surface area contributed by atoms with Gasteiger partial charge in [0.15, 0.2) is 12.4 Å². The smallest absolute Gasteiger partial charge is 0.306 e. The summed E-state index contributed by atoms with van der Waals surface area (Å²) < 4.78 is 39.5. The Hall–Kier alpha value is -2.45. The average molecular weight is 870 g/mol. The first kappa shape index (κ1) is 55.6. The number of quaternary nitrogens is 1. The highest BCUT2D eigenvalue weighted by Crippen LogP contribution is 2.38. The summed E-state index contributed by atoms with van der Waals surface area (Å²) >= 11 is 0. The minimum atomic E-state index is -4.71. The number of carbonyl (C=O) groups is 2. The fraction of sp³-hybridized carbons (Fsp3) is 0.739. The Morgan fingerprint density at radius 1 is 0.817 bits per heavy atom. The summed E-state index contributed by atoms with van der Waals surface area (Å²) in [4.78, 5) is 37.8. The lowest BCUT2D eigenvalue weighted by Crippen LogP contribution is -2.43. The third-order valence-electron chi connectivity index (χ3n) is 9.82. The number of aliphatic hydroxyl groups is 3. The van der Waals surface area contributed by atoms with Crippen LogP contribution in [0.4, 0.5) is 0 Å². The van der Waals surface area contributed by atoms with Gasteiger partial charge in [0.2, 0.25) is 0 Å². The molecule has 0 amide bonds. The van der Waals surface area contributed by atoms with Gasteiger partial charge < -0.3 is 48.0 Å². The van der Waals surface area contributed by atoms with Crippen LogP contribution in [0, 0.1) is 5.92 Å². The summed E-state index contributed by atoms with van der Waals surface area (Å²) in [5.41, 5.74) is 0. The molecule has 1 aliphatic rings. The summed E-state index contributed by atoms with van der Waals surface area (Å²) in [6.45, 7) is 3.65. The predicted octanol–water partition coefficient (Wildman–Crippen LogP) is 7.94. The number of carbonyl (C=O) groups excluding carboxylic acids is 2. The Balaban J connectivity index is 2.56. The Morgan fingerprint density at radius 3 is 2.18 bits per heavy atom. The lowest BCUT2D eigenvalue weighted by atomic mass is 9.87. The topological polar surface area (TPSA) is 181 Å². The molecule has 0 spiro atoms. The highest BCUT2D eigenvalue weighted by atomic mass is 31.2. The number of aliphatic hydroxyl groups excluding tert-OH is 3. The maximum absolute atomic E-state index is 12.8. The van der Waals surface area contributed by atoms with Crippen molar-refractivity contribution in [1.82, 2.24) is 0 Å². The van der Waals surface area contributed by atoms with Crippen LogP contribution in [-0.4, -0.2) is 110 Å². The van der Waals surface area contributed by atoms with E-state index in [1.807, 2.05) is 33.3 Å².